The number of aliphatic hydroxyl groups excluding tert-OH is 1. The maximum atomic E-state index is 8.93. The van der Waals surface area contributed by atoms with Gasteiger partial charge >= 0.3 is 0 Å². The van der Waals surface area contributed by atoms with E-state index in [0.717, 1.165) is 13.1 Å². The molecule has 1 aromatic rings. The molecular formula is C11H16N2O. The van der Waals surface area contributed by atoms with Crippen LogP contribution in [0.2, 0.25) is 0 Å². The van der Waals surface area contributed by atoms with Gasteiger partial charge in [0.1, 0.15) is 0 Å². The van der Waals surface area contributed by atoms with Gasteiger partial charge in [-0.05, 0) is 31.0 Å². The van der Waals surface area contributed by atoms with Crippen molar-refractivity contribution in [1.82, 2.24) is 9.88 Å². The number of rotatable bonds is 3. The highest BCUT2D eigenvalue weighted by Crippen LogP contribution is 2.30. The Labute approximate surface area is 84.4 Å². The summed E-state index contributed by atoms with van der Waals surface area (Å²) in [5.41, 5.74) is 1.28. The van der Waals surface area contributed by atoms with Gasteiger partial charge in [0.2, 0.25) is 0 Å². The fourth-order valence-corrected chi connectivity index (χ4v) is 2.17. The highest BCUT2D eigenvalue weighted by atomic mass is 16.3. The molecule has 1 saturated heterocycles. The number of hydrogen-bond acceptors (Lipinski definition) is 3. The third kappa shape index (κ3) is 1.94. The summed E-state index contributed by atoms with van der Waals surface area (Å²) in [7, 11) is 0. The molecule has 0 aromatic carbocycles. The van der Waals surface area contributed by atoms with Gasteiger partial charge in [-0.1, -0.05) is 6.07 Å². The Bertz CT molecular complexity index is 276. The van der Waals surface area contributed by atoms with Crippen LogP contribution in [0.3, 0.4) is 0 Å². The first-order valence-electron chi connectivity index (χ1n) is 5.16. The second kappa shape index (κ2) is 4.53. The third-order valence-corrected chi connectivity index (χ3v) is 2.82. The van der Waals surface area contributed by atoms with E-state index >= 15 is 0 Å². The van der Waals surface area contributed by atoms with Gasteiger partial charge < -0.3 is 5.11 Å². The van der Waals surface area contributed by atoms with E-state index in [0.29, 0.717) is 6.04 Å². The molecule has 1 atom stereocenters. The summed E-state index contributed by atoms with van der Waals surface area (Å²) in [6.45, 7) is 2.12. The molecule has 3 heteroatoms. The highest BCUT2D eigenvalue weighted by molar-refractivity contribution is 5.15. The van der Waals surface area contributed by atoms with Gasteiger partial charge in [0.15, 0.2) is 0 Å². The summed E-state index contributed by atoms with van der Waals surface area (Å²) in [4.78, 5) is 6.47. The smallest absolute Gasteiger partial charge is 0.0558 e. The quantitative estimate of drug-likeness (QED) is 0.782. The van der Waals surface area contributed by atoms with Crippen LogP contribution in [0.1, 0.15) is 24.4 Å². The van der Waals surface area contributed by atoms with E-state index in [2.05, 4.69) is 16.0 Å². The largest absolute Gasteiger partial charge is 0.395 e. The summed E-state index contributed by atoms with van der Waals surface area (Å²) in [6.07, 6.45) is 6.14. The molecule has 0 aliphatic carbocycles. The van der Waals surface area contributed by atoms with E-state index in [9.17, 15) is 0 Å². The molecule has 14 heavy (non-hydrogen) atoms. The highest BCUT2D eigenvalue weighted by Gasteiger charge is 2.24. The van der Waals surface area contributed by atoms with Crippen molar-refractivity contribution in [3.05, 3.63) is 30.1 Å². The third-order valence-electron chi connectivity index (χ3n) is 2.82. The molecule has 0 saturated carbocycles. The molecule has 0 unspecified atom stereocenters. The van der Waals surface area contributed by atoms with Crippen LogP contribution < -0.4 is 0 Å². The summed E-state index contributed by atoms with van der Waals surface area (Å²) in [6, 6.07) is 4.56. The second-order valence-electron chi connectivity index (χ2n) is 3.70. The Morgan fingerprint density at radius 2 is 2.50 bits per heavy atom. The molecular weight excluding hydrogens is 176 g/mol. The molecule has 0 radical (unpaired) electrons. The van der Waals surface area contributed by atoms with Crippen molar-refractivity contribution in [2.75, 3.05) is 19.7 Å². The van der Waals surface area contributed by atoms with Gasteiger partial charge in [0, 0.05) is 25.0 Å². The van der Waals surface area contributed by atoms with Gasteiger partial charge in [-0.2, -0.15) is 0 Å². The lowest BCUT2D eigenvalue weighted by Gasteiger charge is -2.23. The first-order chi connectivity index (χ1) is 6.92. The second-order valence-corrected chi connectivity index (χ2v) is 3.70. The van der Waals surface area contributed by atoms with Crippen LogP contribution in [-0.2, 0) is 0 Å². The minimum absolute atomic E-state index is 0.247. The number of nitrogens with zero attached hydrogens (tertiary/aromatic N) is 2. The number of aliphatic hydroxyl groups is 1. The van der Waals surface area contributed by atoms with Gasteiger partial charge in [0.25, 0.3) is 0 Å². The zero-order valence-corrected chi connectivity index (χ0v) is 8.26. The molecule has 1 aromatic heterocycles. The maximum Gasteiger partial charge on any atom is 0.0558 e. The summed E-state index contributed by atoms with van der Waals surface area (Å²) >= 11 is 0. The molecule has 1 N–H and O–H groups in total. The van der Waals surface area contributed by atoms with Gasteiger partial charge in [-0.25, -0.2) is 0 Å². The monoisotopic (exact) mass is 192 g/mol. The molecule has 76 valence electrons. The first-order valence-corrected chi connectivity index (χ1v) is 5.16. The lowest BCUT2D eigenvalue weighted by atomic mass is 10.1. The molecule has 2 rings (SSSR count). The van der Waals surface area contributed by atoms with E-state index in [1.165, 1.54) is 18.4 Å². The summed E-state index contributed by atoms with van der Waals surface area (Å²) in [5, 5.41) is 8.93. The number of likely N-dealkylation sites (tertiary alicyclic amines) is 1. The first kappa shape index (κ1) is 9.62. The van der Waals surface area contributed by atoms with E-state index < -0.39 is 0 Å². The summed E-state index contributed by atoms with van der Waals surface area (Å²) in [5.74, 6) is 0. The molecule has 0 bridgehead atoms. The van der Waals surface area contributed by atoms with Crippen molar-refractivity contribution in [2.45, 2.75) is 18.9 Å². The van der Waals surface area contributed by atoms with Crippen molar-refractivity contribution < 1.29 is 5.11 Å². The molecule has 1 aliphatic heterocycles. The lowest BCUT2D eigenvalue weighted by molar-refractivity contribution is 0.185. The number of hydrogen-bond donors (Lipinski definition) is 1. The Morgan fingerprint density at radius 3 is 3.21 bits per heavy atom. The SMILES string of the molecule is OCCN1CCC[C@@H]1c1cccnc1. The predicted octanol–water partition coefficient (Wildman–Crippen LogP) is 1.21. The Balaban J connectivity index is 2.10. The molecule has 3 nitrogen and oxygen atoms in total. The van der Waals surface area contributed by atoms with Crippen molar-refractivity contribution >= 4 is 0 Å². The molecule has 1 fully saturated rings. The standard InChI is InChI=1S/C11H16N2O/c14-8-7-13-6-2-4-11(13)10-3-1-5-12-9-10/h1,3,5,9,11,14H,2,4,6-8H2/t11-/m1/s1. The van der Waals surface area contributed by atoms with Crippen LogP contribution in [0, 0.1) is 0 Å². The summed E-state index contributed by atoms with van der Waals surface area (Å²) < 4.78 is 0. The zero-order chi connectivity index (χ0) is 9.80. The fourth-order valence-electron chi connectivity index (χ4n) is 2.17. The minimum atomic E-state index is 0.247. The Morgan fingerprint density at radius 1 is 1.57 bits per heavy atom. The predicted molar refractivity (Wildman–Crippen MR) is 54.9 cm³/mol. The van der Waals surface area contributed by atoms with Crippen molar-refractivity contribution in [1.29, 1.82) is 0 Å². The van der Waals surface area contributed by atoms with E-state index in [4.69, 9.17) is 5.11 Å². The topological polar surface area (TPSA) is 36.4 Å². The van der Waals surface area contributed by atoms with E-state index in [-0.39, 0.29) is 6.61 Å². The lowest BCUT2D eigenvalue weighted by Crippen LogP contribution is -2.26. The van der Waals surface area contributed by atoms with Crippen molar-refractivity contribution in [3.8, 4) is 0 Å². The number of aromatic nitrogens is 1. The van der Waals surface area contributed by atoms with Crippen LogP contribution in [0.15, 0.2) is 24.5 Å². The van der Waals surface area contributed by atoms with Crippen LogP contribution in [-0.4, -0.2) is 34.7 Å². The van der Waals surface area contributed by atoms with Gasteiger partial charge in [-0.15, -0.1) is 0 Å². The van der Waals surface area contributed by atoms with Crippen molar-refractivity contribution in [2.24, 2.45) is 0 Å². The molecule has 0 spiro atoms. The van der Waals surface area contributed by atoms with Crippen LogP contribution >= 0.6 is 0 Å². The van der Waals surface area contributed by atoms with Gasteiger partial charge in [-0.3, -0.25) is 9.88 Å². The van der Waals surface area contributed by atoms with Gasteiger partial charge in [0.05, 0.1) is 6.61 Å². The van der Waals surface area contributed by atoms with E-state index in [1.54, 1.807) is 6.20 Å². The number of pyridine rings is 1. The zero-order valence-electron chi connectivity index (χ0n) is 8.26. The van der Waals surface area contributed by atoms with Crippen LogP contribution in [0.5, 0.6) is 0 Å². The maximum absolute atomic E-state index is 8.93. The average Bonchev–Trinajstić information content (AvgIpc) is 2.68. The van der Waals surface area contributed by atoms with E-state index in [1.807, 2.05) is 12.3 Å². The molecule has 0 amide bonds. The minimum Gasteiger partial charge on any atom is -0.395 e. The average molecular weight is 192 g/mol. The van der Waals surface area contributed by atoms with Crippen molar-refractivity contribution in [3.63, 3.8) is 0 Å². The van der Waals surface area contributed by atoms with Crippen LogP contribution in [0.25, 0.3) is 0 Å². The molecule has 1 aliphatic rings. The Kier molecular flexibility index (Phi) is 3.11. The normalized spacial score (nSPS) is 22.8. The Hall–Kier alpha value is -0.930. The fraction of sp³-hybridized carbons (Fsp3) is 0.545. The van der Waals surface area contributed by atoms with Crippen LogP contribution in [0.4, 0.5) is 0 Å². The number of β-amino-alcohol motifs (C(OH)–C–C–N with tert-alkyl or cyclic N) is 1. The molecule has 2 heterocycles.